The van der Waals surface area contributed by atoms with Gasteiger partial charge >= 0.3 is 0 Å². The van der Waals surface area contributed by atoms with Crippen molar-refractivity contribution in [1.29, 1.82) is 0 Å². The number of carbonyl (C=O) groups is 2. The van der Waals surface area contributed by atoms with Gasteiger partial charge in [-0.1, -0.05) is 35.7 Å². The predicted molar refractivity (Wildman–Crippen MR) is 102 cm³/mol. The molecule has 0 saturated carbocycles. The molecule has 27 heavy (non-hydrogen) atoms. The summed E-state index contributed by atoms with van der Waals surface area (Å²) < 4.78 is 10.8. The molecule has 1 heterocycles. The van der Waals surface area contributed by atoms with E-state index in [9.17, 15) is 9.59 Å². The monoisotopic (exact) mass is 382 g/mol. The Morgan fingerprint density at radius 2 is 2.00 bits per heavy atom. The molecule has 0 atom stereocenters. The van der Waals surface area contributed by atoms with Crippen LogP contribution in [0.15, 0.2) is 48.0 Å². The van der Waals surface area contributed by atoms with Gasteiger partial charge in [-0.25, -0.2) is 5.01 Å². The van der Waals surface area contributed by atoms with Crippen molar-refractivity contribution < 1.29 is 19.1 Å². The van der Waals surface area contributed by atoms with Crippen LogP contribution in [-0.4, -0.2) is 25.5 Å². The minimum Gasteiger partial charge on any atom is -0.493 e. The third-order valence-corrected chi connectivity index (χ3v) is 3.99. The van der Waals surface area contributed by atoms with E-state index in [2.05, 4.69) is 11.3 Å². The molecule has 0 radical (unpaired) electrons. The Bertz CT molecular complexity index is 964. The fourth-order valence-electron chi connectivity index (χ4n) is 2.59. The number of halogens is 1. The normalized spacial score (nSPS) is 14.9. The topological polar surface area (TPSA) is 67.9 Å². The number of nitrogens with one attached hydrogen (secondary N) is 1. The lowest BCUT2D eigenvalue weighted by Crippen LogP contribution is -2.35. The number of anilines is 1. The second kappa shape index (κ2) is 7.85. The summed E-state index contributed by atoms with van der Waals surface area (Å²) in [6.45, 7) is -0.00948. The van der Waals surface area contributed by atoms with Crippen LogP contribution in [0.5, 0.6) is 11.5 Å². The van der Waals surface area contributed by atoms with Crippen LogP contribution in [0, 0.1) is 12.3 Å². The molecule has 1 aliphatic heterocycles. The number of nitrogens with zero attached hydrogens (tertiary/aromatic N) is 1. The van der Waals surface area contributed by atoms with Crippen molar-refractivity contribution in [3.63, 3.8) is 0 Å². The fourth-order valence-corrected chi connectivity index (χ4v) is 2.80. The van der Waals surface area contributed by atoms with Crippen molar-refractivity contribution in [2.75, 3.05) is 18.7 Å². The van der Waals surface area contributed by atoms with Gasteiger partial charge in [-0.05, 0) is 24.3 Å². The van der Waals surface area contributed by atoms with Crippen molar-refractivity contribution in [1.82, 2.24) is 5.43 Å². The van der Waals surface area contributed by atoms with E-state index >= 15 is 0 Å². The van der Waals surface area contributed by atoms with E-state index in [4.69, 9.17) is 27.5 Å². The third kappa shape index (κ3) is 3.73. The fraction of sp³-hybridized carbons (Fsp3) is 0.100. The van der Waals surface area contributed by atoms with Crippen LogP contribution in [0.4, 0.5) is 5.69 Å². The van der Waals surface area contributed by atoms with Crippen LogP contribution in [0.25, 0.3) is 6.08 Å². The molecule has 2 aromatic carbocycles. The smallest absolute Gasteiger partial charge is 0.282 e. The zero-order chi connectivity index (χ0) is 19.4. The molecule has 1 aliphatic rings. The number of amides is 2. The summed E-state index contributed by atoms with van der Waals surface area (Å²) in [5.74, 6) is 1.97. The molecule has 1 N–H and O–H groups in total. The number of rotatable bonds is 5. The van der Waals surface area contributed by atoms with Gasteiger partial charge in [-0.15, -0.1) is 6.42 Å². The highest BCUT2D eigenvalue weighted by Gasteiger charge is 2.34. The van der Waals surface area contributed by atoms with Gasteiger partial charge in [0, 0.05) is 16.7 Å². The van der Waals surface area contributed by atoms with Crippen LogP contribution < -0.4 is 19.9 Å². The minimum absolute atomic E-state index is 0.00948. The van der Waals surface area contributed by atoms with E-state index in [1.165, 1.54) is 18.2 Å². The number of hydrazine groups is 1. The Morgan fingerprint density at radius 1 is 1.26 bits per heavy atom. The molecule has 0 spiro atoms. The van der Waals surface area contributed by atoms with E-state index in [1.807, 2.05) is 6.07 Å². The third-order valence-electron chi connectivity index (χ3n) is 3.77. The first kappa shape index (κ1) is 18.4. The quantitative estimate of drug-likeness (QED) is 0.490. The molecule has 3 rings (SSSR count). The second-order valence-electron chi connectivity index (χ2n) is 5.49. The van der Waals surface area contributed by atoms with Crippen LogP contribution in [0.2, 0.25) is 5.02 Å². The zero-order valence-corrected chi connectivity index (χ0v) is 15.1. The molecular weight excluding hydrogens is 368 g/mol. The number of hydrogen-bond donors (Lipinski definition) is 1. The van der Waals surface area contributed by atoms with E-state index < -0.39 is 11.8 Å². The maximum atomic E-state index is 12.7. The van der Waals surface area contributed by atoms with Crippen molar-refractivity contribution in [3.05, 3.63) is 58.6 Å². The van der Waals surface area contributed by atoms with Crippen molar-refractivity contribution in [3.8, 4) is 23.8 Å². The molecule has 0 aliphatic carbocycles. The number of hydrogen-bond acceptors (Lipinski definition) is 4. The number of ether oxygens (including phenoxy) is 2. The molecule has 136 valence electrons. The maximum absolute atomic E-state index is 12.7. The Labute approximate surface area is 161 Å². The van der Waals surface area contributed by atoms with Gasteiger partial charge in [-0.3, -0.25) is 15.0 Å². The standard InChI is InChI=1S/C20H15ClN2O4/c1-3-9-27-18-13(10-14(21)12-17(18)26-2)11-16-19(24)22-23(20(16)25)15-7-5-4-6-8-15/h1,4-8,10-12H,9H2,2H3,(H,22,24)/b16-11-. The van der Waals surface area contributed by atoms with E-state index in [-0.39, 0.29) is 12.2 Å². The van der Waals surface area contributed by atoms with Crippen molar-refractivity contribution in [2.45, 2.75) is 0 Å². The summed E-state index contributed by atoms with van der Waals surface area (Å²) in [5, 5.41) is 1.54. The van der Waals surface area contributed by atoms with E-state index in [0.29, 0.717) is 27.8 Å². The lowest BCUT2D eigenvalue weighted by Gasteiger charge is -2.14. The Balaban J connectivity index is 2.03. The van der Waals surface area contributed by atoms with Gasteiger partial charge in [0.15, 0.2) is 11.5 Å². The second-order valence-corrected chi connectivity index (χ2v) is 5.93. The average molecular weight is 383 g/mol. The molecule has 7 heteroatoms. The summed E-state index contributed by atoms with van der Waals surface area (Å²) >= 11 is 6.12. The first-order valence-corrected chi connectivity index (χ1v) is 8.29. The Morgan fingerprint density at radius 3 is 2.67 bits per heavy atom. The summed E-state index contributed by atoms with van der Waals surface area (Å²) in [5.41, 5.74) is 3.43. The van der Waals surface area contributed by atoms with E-state index in [1.54, 1.807) is 36.4 Å². The molecule has 2 amide bonds. The average Bonchev–Trinajstić information content (AvgIpc) is 2.95. The highest BCUT2D eigenvalue weighted by atomic mass is 35.5. The first-order chi connectivity index (χ1) is 13.0. The number of terminal acetylenes is 1. The predicted octanol–water partition coefficient (Wildman–Crippen LogP) is 2.82. The van der Waals surface area contributed by atoms with Crippen LogP contribution in [0.3, 0.4) is 0 Å². The van der Waals surface area contributed by atoms with Gasteiger partial charge in [-0.2, -0.15) is 0 Å². The highest BCUT2D eigenvalue weighted by molar-refractivity contribution is 6.32. The van der Waals surface area contributed by atoms with Gasteiger partial charge in [0.25, 0.3) is 11.8 Å². The van der Waals surface area contributed by atoms with Crippen molar-refractivity contribution >= 4 is 35.2 Å². The molecule has 2 aromatic rings. The molecule has 1 fully saturated rings. The van der Waals surface area contributed by atoms with Gasteiger partial charge in [0.2, 0.25) is 0 Å². The summed E-state index contributed by atoms with van der Waals surface area (Å²) in [4.78, 5) is 25.1. The van der Waals surface area contributed by atoms with Gasteiger partial charge < -0.3 is 9.47 Å². The van der Waals surface area contributed by atoms with Crippen LogP contribution in [-0.2, 0) is 9.59 Å². The molecule has 0 unspecified atom stereocenters. The first-order valence-electron chi connectivity index (χ1n) is 7.91. The molecule has 1 saturated heterocycles. The lowest BCUT2D eigenvalue weighted by atomic mass is 10.1. The number of carbonyl (C=O) groups excluding carboxylic acids is 2. The van der Waals surface area contributed by atoms with Crippen molar-refractivity contribution in [2.24, 2.45) is 0 Å². The molecule has 0 bridgehead atoms. The van der Waals surface area contributed by atoms with E-state index in [0.717, 1.165) is 0 Å². The molecule has 0 aromatic heterocycles. The minimum atomic E-state index is -0.536. The highest BCUT2D eigenvalue weighted by Crippen LogP contribution is 2.36. The molecule has 6 nitrogen and oxygen atoms in total. The van der Waals surface area contributed by atoms with Crippen LogP contribution in [0.1, 0.15) is 5.56 Å². The van der Waals surface area contributed by atoms with Gasteiger partial charge in [0.1, 0.15) is 12.2 Å². The SMILES string of the molecule is C#CCOc1c(/C=C2/C(=O)NN(c3ccccc3)C2=O)cc(Cl)cc1OC. The Kier molecular flexibility index (Phi) is 5.34. The number of para-hydroxylation sites is 1. The molecular formula is C20H15ClN2O4. The largest absolute Gasteiger partial charge is 0.493 e. The number of benzene rings is 2. The van der Waals surface area contributed by atoms with Gasteiger partial charge in [0.05, 0.1) is 12.8 Å². The summed E-state index contributed by atoms with van der Waals surface area (Å²) in [6.07, 6.45) is 6.66. The van der Waals surface area contributed by atoms with Crippen LogP contribution >= 0.6 is 11.6 Å². The summed E-state index contributed by atoms with van der Waals surface area (Å²) in [6, 6.07) is 11.9. The maximum Gasteiger partial charge on any atom is 0.282 e. The Hall–Kier alpha value is -3.43. The number of methoxy groups -OCH3 is 1. The lowest BCUT2D eigenvalue weighted by molar-refractivity contribution is -0.117. The summed E-state index contributed by atoms with van der Waals surface area (Å²) in [7, 11) is 1.45. The zero-order valence-electron chi connectivity index (χ0n) is 14.4.